The Bertz CT molecular complexity index is 345. The van der Waals surface area contributed by atoms with E-state index in [-0.39, 0.29) is 16.8 Å². The van der Waals surface area contributed by atoms with Crippen LogP contribution in [0.3, 0.4) is 0 Å². The van der Waals surface area contributed by atoms with Gasteiger partial charge in [0, 0.05) is 17.7 Å². The van der Waals surface area contributed by atoms with E-state index < -0.39 is 0 Å². The summed E-state index contributed by atoms with van der Waals surface area (Å²) < 4.78 is 0.765. The van der Waals surface area contributed by atoms with Gasteiger partial charge in [0.1, 0.15) is 6.54 Å². The van der Waals surface area contributed by atoms with Gasteiger partial charge in [0.2, 0.25) is 0 Å². The van der Waals surface area contributed by atoms with Crippen molar-refractivity contribution in [2.45, 2.75) is 6.54 Å². The van der Waals surface area contributed by atoms with E-state index in [2.05, 4.69) is 21.1 Å². The van der Waals surface area contributed by atoms with E-state index in [9.17, 15) is 10.1 Å². The molecule has 0 saturated heterocycles. The van der Waals surface area contributed by atoms with Crippen molar-refractivity contribution in [3.05, 3.63) is 39.9 Å². The van der Waals surface area contributed by atoms with E-state index in [1.54, 1.807) is 12.1 Å². The lowest BCUT2D eigenvalue weighted by atomic mass is 10.2. The summed E-state index contributed by atoms with van der Waals surface area (Å²) in [6.45, 7) is 0.793. The molecule has 0 heterocycles. The number of nitro groups is 1. The molecule has 0 aliphatic carbocycles. The van der Waals surface area contributed by atoms with Gasteiger partial charge in [-0.3, -0.25) is 10.1 Å². The maximum absolute atomic E-state index is 10.5. The molecular formula is C10H18N3O2+. The predicted octanol–water partition coefficient (Wildman–Crippen LogP) is 1.96. The summed E-state index contributed by atoms with van der Waals surface area (Å²) in [7, 11) is 6.16. The Balaban J connectivity index is 0.00000196. The average Bonchev–Trinajstić information content (AvgIpc) is 2.01. The van der Waals surface area contributed by atoms with Crippen LogP contribution in [-0.4, -0.2) is 30.5 Å². The van der Waals surface area contributed by atoms with Crippen molar-refractivity contribution in [2.75, 3.05) is 21.1 Å². The Morgan fingerprint density at radius 3 is 2.40 bits per heavy atom. The number of benzene rings is 1. The highest BCUT2D eigenvalue weighted by molar-refractivity contribution is 5.33. The zero-order valence-corrected chi connectivity index (χ0v) is 9.43. The van der Waals surface area contributed by atoms with Gasteiger partial charge in [-0.15, -0.1) is 0 Å². The van der Waals surface area contributed by atoms with Gasteiger partial charge in [-0.2, -0.15) is 0 Å². The van der Waals surface area contributed by atoms with Crippen LogP contribution in [0.15, 0.2) is 24.3 Å². The van der Waals surface area contributed by atoms with Gasteiger partial charge in [-0.05, 0) is 0 Å². The number of quaternary nitrogens is 1. The number of nitrogens with zero attached hydrogens (tertiary/aromatic N) is 2. The molecule has 0 aromatic heterocycles. The van der Waals surface area contributed by atoms with Crippen molar-refractivity contribution in [3.63, 3.8) is 0 Å². The maximum atomic E-state index is 10.5. The van der Waals surface area contributed by atoms with Crippen LogP contribution in [0, 0.1) is 10.1 Å². The van der Waals surface area contributed by atoms with Gasteiger partial charge in [-0.25, -0.2) is 0 Å². The van der Waals surface area contributed by atoms with Crippen molar-refractivity contribution in [3.8, 4) is 0 Å². The minimum Gasteiger partial charge on any atom is -0.344 e. The lowest BCUT2D eigenvalue weighted by molar-refractivity contribution is -0.884. The van der Waals surface area contributed by atoms with Crippen LogP contribution in [0.5, 0.6) is 0 Å². The fourth-order valence-corrected chi connectivity index (χ4v) is 1.32. The molecule has 0 amide bonds. The van der Waals surface area contributed by atoms with Crippen molar-refractivity contribution in [1.82, 2.24) is 6.15 Å². The second-order valence-electron chi connectivity index (χ2n) is 4.38. The molecule has 0 bridgehead atoms. The Hall–Kier alpha value is -1.46. The van der Waals surface area contributed by atoms with E-state index in [1.807, 2.05) is 6.07 Å². The van der Waals surface area contributed by atoms with Crippen LogP contribution in [0.1, 0.15) is 5.56 Å². The largest absolute Gasteiger partial charge is 0.344 e. The van der Waals surface area contributed by atoms with Gasteiger partial charge in [0.15, 0.2) is 0 Å². The highest BCUT2D eigenvalue weighted by Crippen LogP contribution is 2.15. The zero-order chi connectivity index (χ0) is 10.8. The predicted molar refractivity (Wildman–Crippen MR) is 59.9 cm³/mol. The van der Waals surface area contributed by atoms with Crippen LogP contribution >= 0.6 is 0 Å². The molecule has 0 unspecified atom stereocenters. The molecule has 0 saturated carbocycles. The van der Waals surface area contributed by atoms with Gasteiger partial charge >= 0.3 is 0 Å². The quantitative estimate of drug-likeness (QED) is 0.472. The molecule has 0 aliphatic rings. The van der Waals surface area contributed by atoms with Crippen LogP contribution in [0.25, 0.3) is 0 Å². The van der Waals surface area contributed by atoms with Crippen molar-refractivity contribution in [2.24, 2.45) is 0 Å². The van der Waals surface area contributed by atoms with Crippen LogP contribution in [-0.2, 0) is 6.54 Å². The maximum Gasteiger partial charge on any atom is 0.269 e. The van der Waals surface area contributed by atoms with E-state index >= 15 is 0 Å². The van der Waals surface area contributed by atoms with Gasteiger partial charge in [0.25, 0.3) is 5.69 Å². The first-order valence-electron chi connectivity index (χ1n) is 4.42. The third-order valence-corrected chi connectivity index (χ3v) is 1.78. The van der Waals surface area contributed by atoms with Crippen LogP contribution in [0.2, 0.25) is 0 Å². The molecule has 5 nitrogen and oxygen atoms in total. The van der Waals surface area contributed by atoms with Crippen molar-refractivity contribution < 1.29 is 9.41 Å². The van der Waals surface area contributed by atoms with Gasteiger partial charge < -0.3 is 10.6 Å². The van der Waals surface area contributed by atoms with Crippen LogP contribution in [0.4, 0.5) is 5.69 Å². The smallest absolute Gasteiger partial charge is 0.269 e. The Morgan fingerprint density at radius 1 is 1.33 bits per heavy atom. The molecule has 5 heteroatoms. The average molecular weight is 212 g/mol. The molecule has 0 atom stereocenters. The topological polar surface area (TPSA) is 78.1 Å². The van der Waals surface area contributed by atoms with Gasteiger partial charge in [-0.1, -0.05) is 12.1 Å². The molecule has 15 heavy (non-hydrogen) atoms. The summed E-state index contributed by atoms with van der Waals surface area (Å²) in [6.07, 6.45) is 0. The number of hydrogen-bond acceptors (Lipinski definition) is 3. The zero-order valence-electron chi connectivity index (χ0n) is 9.43. The van der Waals surface area contributed by atoms with Gasteiger partial charge in [0.05, 0.1) is 26.1 Å². The summed E-state index contributed by atoms with van der Waals surface area (Å²) in [5.74, 6) is 0. The lowest BCUT2D eigenvalue weighted by Crippen LogP contribution is -2.33. The van der Waals surface area contributed by atoms with Crippen molar-refractivity contribution >= 4 is 5.69 Å². The summed E-state index contributed by atoms with van der Waals surface area (Å²) in [4.78, 5) is 10.2. The first-order chi connectivity index (χ1) is 6.38. The normalized spacial score (nSPS) is 10.6. The second kappa shape index (κ2) is 4.86. The summed E-state index contributed by atoms with van der Waals surface area (Å²) in [5.41, 5.74) is 1.16. The van der Waals surface area contributed by atoms with Crippen molar-refractivity contribution in [1.29, 1.82) is 0 Å². The standard InChI is InChI=1S/C10H15N2O2.H3N/c1-12(2,3)8-9-5-4-6-10(7-9)11(13)14;/h4-7H,8H2,1-3H3;1H3/q+1;. The molecule has 3 N–H and O–H groups in total. The SMILES string of the molecule is C[N+](C)(C)Cc1cccc([N+](=O)[O-])c1.N. The minimum absolute atomic E-state index is 0. The fourth-order valence-electron chi connectivity index (χ4n) is 1.32. The first-order valence-corrected chi connectivity index (χ1v) is 4.42. The summed E-state index contributed by atoms with van der Waals surface area (Å²) in [6, 6.07) is 6.78. The number of nitro benzene ring substituents is 1. The molecule has 1 rings (SSSR count). The summed E-state index contributed by atoms with van der Waals surface area (Å²) >= 11 is 0. The number of rotatable bonds is 3. The molecule has 84 valence electrons. The molecule has 0 fully saturated rings. The molecule has 0 radical (unpaired) electrons. The first kappa shape index (κ1) is 13.5. The molecule has 1 aromatic carbocycles. The lowest BCUT2D eigenvalue weighted by Gasteiger charge is -2.23. The van der Waals surface area contributed by atoms with E-state index in [4.69, 9.17) is 0 Å². The second-order valence-corrected chi connectivity index (χ2v) is 4.38. The minimum atomic E-state index is -0.362. The molecule has 0 spiro atoms. The third-order valence-electron chi connectivity index (χ3n) is 1.78. The number of hydrogen-bond donors (Lipinski definition) is 1. The molecule has 1 aromatic rings. The highest BCUT2D eigenvalue weighted by atomic mass is 16.6. The van der Waals surface area contributed by atoms with E-state index in [0.717, 1.165) is 16.6 Å². The Kier molecular flexibility index (Phi) is 4.39. The Morgan fingerprint density at radius 2 is 1.93 bits per heavy atom. The van der Waals surface area contributed by atoms with E-state index in [0.29, 0.717) is 0 Å². The van der Waals surface area contributed by atoms with E-state index in [1.165, 1.54) is 6.07 Å². The molecule has 0 aliphatic heterocycles. The van der Waals surface area contributed by atoms with Crippen LogP contribution < -0.4 is 6.15 Å². The number of non-ortho nitro benzene ring substituents is 1. The molecular weight excluding hydrogens is 194 g/mol. The highest BCUT2D eigenvalue weighted by Gasteiger charge is 2.11. The summed E-state index contributed by atoms with van der Waals surface area (Å²) in [5, 5.41) is 10.5. The monoisotopic (exact) mass is 212 g/mol. The fraction of sp³-hybridized carbons (Fsp3) is 0.400. The third kappa shape index (κ3) is 4.53. The Labute approximate surface area is 89.6 Å².